The van der Waals surface area contributed by atoms with Gasteiger partial charge in [0.05, 0.1) is 12.4 Å². The second kappa shape index (κ2) is 8.73. The van der Waals surface area contributed by atoms with Crippen molar-refractivity contribution in [1.29, 1.82) is 0 Å². The molecule has 0 radical (unpaired) electrons. The smallest absolute Gasteiger partial charge is 0.277 e. The van der Waals surface area contributed by atoms with Gasteiger partial charge in [-0.15, -0.1) is 10.2 Å². The first-order chi connectivity index (χ1) is 13.1. The molecule has 1 heterocycles. The van der Waals surface area contributed by atoms with E-state index in [0.717, 1.165) is 22.4 Å². The third kappa shape index (κ3) is 4.68. The minimum atomic E-state index is -0.370. The summed E-state index contributed by atoms with van der Waals surface area (Å²) in [4.78, 5) is 12.4. The molecule has 0 saturated carbocycles. The lowest BCUT2D eigenvalue weighted by Gasteiger charge is -2.12. The second-order valence-electron chi connectivity index (χ2n) is 5.98. The summed E-state index contributed by atoms with van der Waals surface area (Å²) in [5.41, 5.74) is 2.87. The average molecular weight is 383 g/mol. The normalized spacial score (nSPS) is 11.8. The van der Waals surface area contributed by atoms with Crippen LogP contribution in [0.5, 0.6) is 5.75 Å². The van der Waals surface area contributed by atoms with Crippen LogP contribution in [0.25, 0.3) is 11.5 Å². The Kier molecular flexibility index (Phi) is 6.13. The van der Waals surface area contributed by atoms with E-state index in [0.29, 0.717) is 17.7 Å². The summed E-state index contributed by atoms with van der Waals surface area (Å²) >= 11 is 1.23. The van der Waals surface area contributed by atoms with E-state index >= 15 is 0 Å². The van der Waals surface area contributed by atoms with Gasteiger partial charge in [-0.05, 0) is 31.5 Å². The van der Waals surface area contributed by atoms with Crippen molar-refractivity contribution in [2.75, 3.05) is 7.11 Å². The lowest BCUT2D eigenvalue weighted by molar-refractivity contribution is -0.120. The quantitative estimate of drug-likeness (QED) is 0.625. The number of carbonyl (C=O) groups excluding carboxylic acids is 1. The first-order valence-electron chi connectivity index (χ1n) is 8.54. The van der Waals surface area contributed by atoms with Crippen LogP contribution in [0.2, 0.25) is 0 Å². The highest BCUT2D eigenvalue weighted by Gasteiger charge is 2.19. The molecule has 1 N–H and O–H groups in total. The predicted octanol–water partition coefficient (Wildman–Crippen LogP) is 3.85. The Bertz CT molecular complexity index is 926. The molecule has 3 aromatic rings. The number of benzene rings is 2. The molecule has 0 aliphatic rings. The third-order valence-electron chi connectivity index (χ3n) is 4.07. The van der Waals surface area contributed by atoms with E-state index in [1.54, 1.807) is 14.0 Å². The van der Waals surface area contributed by atoms with Crippen LogP contribution < -0.4 is 10.1 Å². The standard InChI is InChI=1S/C20H21N3O3S/c1-13-8-4-6-10-16(13)19-22-23-20(26-19)27-14(2)18(24)21-12-15-9-5-7-11-17(15)25-3/h4-11,14H,12H2,1-3H3,(H,21,24)/t14-/m1/s1. The molecule has 140 valence electrons. The molecule has 1 aromatic heterocycles. The highest BCUT2D eigenvalue weighted by atomic mass is 32.2. The van der Waals surface area contributed by atoms with Gasteiger partial charge in [0.1, 0.15) is 5.75 Å². The first-order valence-corrected chi connectivity index (χ1v) is 9.42. The van der Waals surface area contributed by atoms with E-state index in [9.17, 15) is 4.79 Å². The highest BCUT2D eigenvalue weighted by Crippen LogP contribution is 2.27. The fraction of sp³-hybridized carbons (Fsp3) is 0.250. The number of rotatable bonds is 7. The number of aryl methyl sites for hydroxylation is 1. The van der Waals surface area contributed by atoms with Crippen LogP contribution in [-0.4, -0.2) is 28.5 Å². The number of hydrogen-bond donors (Lipinski definition) is 1. The van der Waals surface area contributed by atoms with Crippen molar-refractivity contribution in [1.82, 2.24) is 15.5 Å². The molecule has 0 saturated heterocycles. The van der Waals surface area contributed by atoms with Gasteiger partial charge in [-0.2, -0.15) is 0 Å². The summed E-state index contributed by atoms with van der Waals surface area (Å²) in [6.07, 6.45) is 0. The molecule has 0 fully saturated rings. The van der Waals surface area contributed by atoms with Crippen LogP contribution in [0.15, 0.2) is 58.2 Å². The van der Waals surface area contributed by atoms with Crippen LogP contribution in [0, 0.1) is 6.92 Å². The number of methoxy groups -OCH3 is 1. The van der Waals surface area contributed by atoms with Crippen molar-refractivity contribution in [2.45, 2.75) is 30.9 Å². The lowest BCUT2D eigenvalue weighted by atomic mass is 10.1. The molecule has 7 heteroatoms. The van der Waals surface area contributed by atoms with E-state index in [1.165, 1.54) is 11.8 Å². The Morgan fingerprint density at radius 1 is 1.19 bits per heavy atom. The zero-order valence-corrected chi connectivity index (χ0v) is 16.2. The van der Waals surface area contributed by atoms with Crippen molar-refractivity contribution in [3.8, 4) is 17.2 Å². The number of carbonyl (C=O) groups is 1. The van der Waals surface area contributed by atoms with Crippen molar-refractivity contribution in [2.24, 2.45) is 0 Å². The van der Waals surface area contributed by atoms with E-state index < -0.39 is 0 Å². The number of aromatic nitrogens is 2. The van der Waals surface area contributed by atoms with E-state index in [4.69, 9.17) is 9.15 Å². The number of amides is 1. The maximum atomic E-state index is 12.4. The largest absolute Gasteiger partial charge is 0.496 e. The van der Waals surface area contributed by atoms with E-state index in [1.807, 2.05) is 55.5 Å². The maximum absolute atomic E-state index is 12.4. The molecular formula is C20H21N3O3S. The molecule has 1 amide bonds. The number of nitrogens with one attached hydrogen (secondary N) is 1. The van der Waals surface area contributed by atoms with Crippen LogP contribution in [0.3, 0.4) is 0 Å². The molecule has 2 aromatic carbocycles. The Morgan fingerprint density at radius 2 is 1.93 bits per heavy atom. The summed E-state index contributed by atoms with van der Waals surface area (Å²) < 4.78 is 11.0. The summed E-state index contributed by atoms with van der Waals surface area (Å²) in [5.74, 6) is 1.09. The van der Waals surface area contributed by atoms with Gasteiger partial charge in [0.25, 0.3) is 5.22 Å². The molecule has 6 nitrogen and oxygen atoms in total. The van der Waals surface area contributed by atoms with Crippen molar-refractivity contribution in [3.05, 3.63) is 59.7 Å². The first kappa shape index (κ1) is 19.0. The molecule has 0 aliphatic carbocycles. The molecule has 0 spiro atoms. The minimum absolute atomic E-state index is 0.110. The minimum Gasteiger partial charge on any atom is -0.496 e. The number of nitrogens with zero attached hydrogens (tertiary/aromatic N) is 2. The van der Waals surface area contributed by atoms with Gasteiger partial charge in [0.15, 0.2) is 0 Å². The van der Waals surface area contributed by atoms with Gasteiger partial charge in [-0.1, -0.05) is 48.2 Å². The monoisotopic (exact) mass is 383 g/mol. The van der Waals surface area contributed by atoms with E-state index in [2.05, 4.69) is 15.5 Å². The van der Waals surface area contributed by atoms with Crippen LogP contribution in [0.1, 0.15) is 18.1 Å². The van der Waals surface area contributed by atoms with Gasteiger partial charge in [-0.25, -0.2) is 0 Å². The fourth-order valence-corrected chi connectivity index (χ4v) is 3.27. The summed E-state index contributed by atoms with van der Waals surface area (Å²) in [6.45, 7) is 4.19. The van der Waals surface area contributed by atoms with Crippen LogP contribution >= 0.6 is 11.8 Å². The van der Waals surface area contributed by atoms with Crippen LogP contribution in [-0.2, 0) is 11.3 Å². The Hall–Kier alpha value is -2.80. The molecule has 0 bridgehead atoms. The maximum Gasteiger partial charge on any atom is 0.277 e. The molecule has 1 atom stereocenters. The number of ether oxygens (including phenoxy) is 1. The van der Waals surface area contributed by atoms with Gasteiger partial charge in [-0.3, -0.25) is 4.79 Å². The van der Waals surface area contributed by atoms with Crippen molar-refractivity contribution < 1.29 is 13.9 Å². The van der Waals surface area contributed by atoms with E-state index in [-0.39, 0.29) is 11.2 Å². The Morgan fingerprint density at radius 3 is 2.70 bits per heavy atom. The van der Waals surface area contributed by atoms with Gasteiger partial charge in [0.2, 0.25) is 11.8 Å². The molecule has 0 unspecified atom stereocenters. The molecule has 27 heavy (non-hydrogen) atoms. The lowest BCUT2D eigenvalue weighted by Crippen LogP contribution is -2.30. The second-order valence-corrected chi connectivity index (χ2v) is 7.27. The fourth-order valence-electron chi connectivity index (χ4n) is 2.56. The van der Waals surface area contributed by atoms with Gasteiger partial charge < -0.3 is 14.5 Å². The van der Waals surface area contributed by atoms with Gasteiger partial charge >= 0.3 is 0 Å². The zero-order chi connectivity index (χ0) is 19.2. The Balaban J connectivity index is 1.59. The van der Waals surface area contributed by atoms with Gasteiger partial charge in [0, 0.05) is 17.7 Å². The SMILES string of the molecule is COc1ccccc1CNC(=O)[C@@H](C)Sc1nnc(-c2ccccc2C)o1. The van der Waals surface area contributed by atoms with Crippen molar-refractivity contribution in [3.63, 3.8) is 0 Å². The third-order valence-corrected chi connectivity index (χ3v) is 5.01. The summed E-state index contributed by atoms with van der Waals surface area (Å²) in [6, 6.07) is 15.4. The highest BCUT2D eigenvalue weighted by molar-refractivity contribution is 8.00. The predicted molar refractivity (Wildman–Crippen MR) is 105 cm³/mol. The topological polar surface area (TPSA) is 77.2 Å². The summed E-state index contributed by atoms with van der Waals surface area (Å²) in [7, 11) is 1.61. The number of hydrogen-bond acceptors (Lipinski definition) is 6. The number of para-hydroxylation sites is 1. The molecular weight excluding hydrogens is 362 g/mol. The molecule has 0 aliphatic heterocycles. The number of thioether (sulfide) groups is 1. The molecule has 3 rings (SSSR count). The van der Waals surface area contributed by atoms with Crippen LogP contribution in [0.4, 0.5) is 0 Å². The Labute approximate surface area is 162 Å². The van der Waals surface area contributed by atoms with Crippen molar-refractivity contribution >= 4 is 17.7 Å². The average Bonchev–Trinajstić information content (AvgIpc) is 3.14. The zero-order valence-electron chi connectivity index (χ0n) is 15.4. The summed E-state index contributed by atoms with van der Waals surface area (Å²) in [5, 5.41) is 11.0.